The Labute approximate surface area is 152 Å². The molecule has 0 radical (unpaired) electrons. The van der Waals surface area contributed by atoms with Gasteiger partial charge in [-0.2, -0.15) is 0 Å². The Bertz CT molecular complexity index is 852. The molecule has 0 saturated heterocycles. The Morgan fingerprint density at radius 3 is 2.54 bits per heavy atom. The third kappa shape index (κ3) is 3.72. The van der Waals surface area contributed by atoms with Crippen molar-refractivity contribution in [3.05, 3.63) is 69.7 Å². The first-order valence-corrected chi connectivity index (χ1v) is 8.79. The van der Waals surface area contributed by atoms with E-state index in [1.807, 2.05) is 0 Å². The molecule has 0 aliphatic heterocycles. The molecule has 2 N–H and O–H groups in total. The molecule has 0 aliphatic carbocycles. The lowest BCUT2D eigenvalue weighted by atomic mass is 10.2. The van der Waals surface area contributed by atoms with E-state index in [0.29, 0.717) is 32.5 Å². The van der Waals surface area contributed by atoms with Crippen molar-refractivity contribution in [3.63, 3.8) is 0 Å². The van der Waals surface area contributed by atoms with Gasteiger partial charge in [-0.05, 0) is 35.9 Å². The lowest BCUT2D eigenvalue weighted by molar-refractivity contribution is 0.627. The topological polar surface area (TPSA) is 56.7 Å². The lowest BCUT2D eigenvalue weighted by Gasteiger charge is -2.11. The molecule has 4 nitrogen and oxygen atoms in total. The van der Waals surface area contributed by atoms with E-state index in [4.69, 9.17) is 28.9 Å². The van der Waals surface area contributed by atoms with E-state index in [-0.39, 0.29) is 12.4 Å². The van der Waals surface area contributed by atoms with Gasteiger partial charge in [-0.1, -0.05) is 47.1 Å². The van der Waals surface area contributed by atoms with Gasteiger partial charge in [0.1, 0.15) is 5.82 Å². The molecule has 124 valence electrons. The molecule has 0 spiro atoms. The Hall–Kier alpha value is -1.60. The second-order valence-corrected chi connectivity index (χ2v) is 6.74. The predicted molar refractivity (Wildman–Crippen MR) is 95.2 cm³/mol. The molecule has 1 aromatic heterocycles. The van der Waals surface area contributed by atoms with Gasteiger partial charge in [-0.15, -0.1) is 10.2 Å². The molecular formula is C16H13Cl2FN4S. The van der Waals surface area contributed by atoms with E-state index in [1.54, 1.807) is 34.9 Å². The lowest BCUT2D eigenvalue weighted by Crippen LogP contribution is -2.08. The predicted octanol–water partition coefficient (Wildman–Crippen LogP) is 4.46. The van der Waals surface area contributed by atoms with Crippen LogP contribution in [0.5, 0.6) is 0 Å². The smallest absolute Gasteiger partial charge is 0.196 e. The molecule has 0 atom stereocenters. The third-order valence-corrected chi connectivity index (χ3v) is 4.87. The van der Waals surface area contributed by atoms with E-state index in [2.05, 4.69) is 10.2 Å². The number of nitrogens with zero attached hydrogens (tertiary/aromatic N) is 3. The second kappa shape index (κ2) is 7.53. The molecular weight excluding hydrogens is 370 g/mol. The molecule has 0 unspecified atom stereocenters. The minimum Gasteiger partial charge on any atom is -0.324 e. The van der Waals surface area contributed by atoms with Crippen LogP contribution in [0.4, 0.5) is 4.39 Å². The first-order valence-electron chi connectivity index (χ1n) is 7.05. The summed E-state index contributed by atoms with van der Waals surface area (Å²) < 4.78 is 14.8. The maximum atomic E-state index is 13.0. The highest BCUT2D eigenvalue weighted by Crippen LogP contribution is 2.30. The first-order chi connectivity index (χ1) is 11.6. The molecule has 3 aromatic rings. The van der Waals surface area contributed by atoms with Gasteiger partial charge >= 0.3 is 0 Å². The maximum Gasteiger partial charge on any atom is 0.196 e. The summed E-state index contributed by atoms with van der Waals surface area (Å²) in [4.78, 5) is 0. The van der Waals surface area contributed by atoms with Gasteiger partial charge in [0.25, 0.3) is 0 Å². The SMILES string of the molecule is NCc1nnc(SCc2ccc(F)cc2)n1-c1cc(Cl)ccc1Cl. The van der Waals surface area contributed by atoms with Crippen molar-refractivity contribution in [2.75, 3.05) is 0 Å². The molecule has 0 aliphatic rings. The minimum atomic E-state index is -0.261. The summed E-state index contributed by atoms with van der Waals surface area (Å²) in [6.45, 7) is 0.215. The van der Waals surface area contributed by atoms with Crippen LogP contribution >= 0.6 is 35.0 Å². The Morgan fingerprint density at radius 1 is 1.08 bits per heavy atom. The van der Waals surface area contributed by atoms with E-state index in [0.717, 1.165) is 5.56 Å². The zero-order valence-electron chi connectivity index (χ0n) is 12.4. The summed E-state index contributed by atoms with van der Waals surface area (Å²) in [6.07, 6.45) is 0. The van der Waals surface area contributed by atoms with Crippen LogP contribution in [-0.2, 0) is 12.3 Å². The van der Waals surface area contributed by atoms with E-state index in [1.165, 1.54) is 23.9 Å². The van der Waals surface area contributed by atoms with E-state index < -0.39 is 0 Å². The van der Waals surface area contributed by atoms with E-state index in [9.17, 15) is 4.39 Å². The van der Waals surface area contributed by atoms with Gasteiger partial charge in [-0.25, -0.2) is 4.39 Å². The highest BCUT2D eigenvalue weighted by atomic mass is 35.5. The largest absolute Gasteiger partial charge is 0.324 e. The van der Waals surface area contributed by atoms with Crippen LogP contribution in [0.3, 0.4) is 0 Å². The number of rotatable bonds is 5. The zero-order chi connectivity index (χ0) is 17.1. The molecule has 3 rings (SSSR count). The summed E-state index contributed by atoms with van der Waals surface area (Å²) in [5, 5.41) is 10.0. The van der Waals surface area contributed by atoms with Gasteiger partial charge in [-0.3, -0.25) is 4.57 Å². The van der Waals surface area contributed by atoms with Crippen molar-refractivity contribution in [2.45, 2.75) is 17.5 Å². The number of benzene rings is 2. The van der Waals surface area contributed by atoms with Crippen LogP contribution in [0.1, 0.15) is 11.4 Å². The molecule has 1 heterocycles. The number of hydrogen-bond donors (Lipinski definition) is 1. The number of aromatic nitrogens is 3. The third-order valence-electron chi connectivity index (χ3n) is 3.31. The van der Waals surface area contributed by atoms with Crippen molar-refractivity contribution < 1.29 is 4.39 Å². The maximum absolute atomic E-state index is 13.0. The summed E-state index contributed by atoms with van der Waals surface area (Å²) in [5.74, 6) is 0.935. The fourth-order valence-corrected chi connectivity index (χ4v) is 3.44. The zero-order valence-corrected chi connectivity index (χ0v) is 14.7. The van der Waals surface area contributed by atoms with Crippen LogP contribution in [0, 0.1) is 5.82 Å². The minimum absolute atomic E-state index is 0.215. The summed E-state index contributed by atoms with van der Waals surface area (Å²) in [6, 6.07) is 11.5. The summed E-state index contributed by atoms with van der Waals surface area (Å²) in [7, 11) is 0. The van der Waals surface area contributed by atoms with Gasteiger partial charge < -0.3 is 5.73 Å². The fraction of sp³-hybridized carbons (Fsp3) is 0.125. The standard InChI is InChI=1S/C16H13Cl2FN4S/c17-11-3-6-13(18)14(7-11)23-15(8-20)21-22-16(23)24-9-10-1-4-12(19)5-2-10/h1-7H,8-9,20H2. The second-order valence-electron chi connectivity index (χ2n) is 4.95. The Balaban J connectivity index is 1.93. The molecule has 24 heavy (non-hydrogen) atoms. The Morgan fingerprint density at radius 2 is 1.83 bits per heavy atom. The monoisotopic (exact) mass is 382 g/mol. The van der Waals surface area contributed by atoms with Crippen molar-refractivity contribution in [2.24, 2.45) is 5.73 Å². The number of halogens is 3. The molecule has 0 fully saturated rings. The van der Waals surface area contributed by atoms with Crippen LogP contribution in [0.25, 0.3) is 5.69 Å². The van der Waals surface area contributed by atoms with Crippen molar-refractivity contribution in [3.8, 4) is 5.69 Å². The molecule has 2 aromatic carbocycles. The highest BCUT2D eigenvalue weighted by Gasteiger charge is 2.16. The van der Waals surface area contributed by atoms with E-state index >= 15 is 0 Å². The number of nitrogens with two attached hydrogens (primary N) is 1. The van der Waals surface area contributed by atoms with Crippen LogP contribution in [0.2, 0.25) is 10.0 Å². The first kappa shape index (κ1) is 17.2. The highest BCUT2D eigenvalue weighted by molar-refractivity contribution is 7.98. The molecule has 0 saturated carbocycles. The van der Waals surface area contributed by atoms with Crippen molar-refractivity contribution in [1.82, 2.24) is 14.8 Å². The van der Waals surface area contributed by atoms with Crippen LogP contribution < -0.4 is 5.73 Å². The fourth-order valence-electron chi connectivity index (χ4n) is 2.15. The summed E-state index contributed by atoms with van der Waals surface area (Å²) >= 11 is 13.8. The van der Waals surface area contributed by atoms with Crippen molar-refractivity contribution in [1.29, 1.82) is 0 Å². The van der Waals surface area contributed by atoms with Gasteiger partial charge in [0.15, 0.2) is 11.0 Å². The van der Waals surface area contributed by atoms with Crippen LogP contribution in [0.15, 0.2) is 47.6 Å². The number of hydrogen-bond acceptors (Lipinski definition) is 4. The van der Waals surface area contributed by atoms with Crippen LogP contribution in [-0.4, -0.2) is 14.8 Å². The van der Waals surface area contributed by atoms with Gasteiger partial charge in [0.05, 0.1) is 17.3 Å². The summed E-state index contributed by atoms with van der Waals surface area (Å²) in [5.41, 5.74) is 7.41. The Kier molecular flexibility index (Phi) is 5.40. The molecule has 8 heteroatoms. The number of thioether (sulfide) groups is 1. The van der Waals surface area contributed by atoms with Crippen molar-refractivity contribution >= 4 is 35.0 Å². The normalized spacial score (nSPS) is 11.0. The van der Waals surface area contributed by atoms with Gasteiger partial charge in [0, 0.05) is 10.8 Å². The molecule has 0 bridgehead atoms. The average Bonchev–Trinajstić information content (AvgIpc) is 2.99. The van der Waals surface area contributed by atoms with Gasteiger partial charge in [0.2, 0.25) is 0 Å². The molecule has 0 amide bonds. The average molecular weight is 383 g/mol. The quantitative estimate of drug-likeness (QED) is 0.661.